The number of nitrogens with zero attached hydrogens (tertiary/aromatic N) is 3. The van der Waals surface area contributed by atoms with E-state index >= 15 is 0 Å². The summed E-state index contributed by atoms with van der Waals surface area (Å²) in [5.41, 5.74) is -0.404. The standard InChI is InChI=1S/C21H24ClF2N5O2/c1-28(2)10-11-31-21(19-16(22)13-25-29(19)3)8-6-15(7-9-21)26-20(30)27-18-5-4-14(23)12-17(18)24/h4-9,12-13,15H,10-11H2,1-3H3,(H2,26,27,30). The molecule has 2 aromatic rings. The molecule has 166 valence electrons. The highest BCUT2D eigenvalue weighted by molar-refractivity contribution is 6.31. The van der Waals surface area contributed by atoms with Gasteiger partial charge in [0.1, 0.15) is 17.2 Å². The van der Waals surface area contributed by atoms with Crippen LogP contribution in [0.4, 0.5) is 19.3 Å². The number of ether oxygens (including phenoxy) is 1. The van der Waals surface area contributed by atoms with E-state index in [2.05, 4.69) is 15.7 Å². The highest BCUT2D eigenvalue weighted by Gasteiger charge is 2.35. The van der Waals surface area contributed by atoms with Crippen LogP contribution in [-0.4, -0.2) is 54.0 Å². The first kappa shape index (κ1) is 22.9. The lowest BCUT2D eigenvalue weighted by molar-refractivity contribution is 0.0105. The lowest BCUT2D eigenvalue weighted by Crippen LogP contribution is -2.40. The highest BCUT2D eigenvalue weighted by Crippen LogP contribution is 2.36. The van der Waals surface area contributed by atoms with Gasteiger partial charge in [0.15, 0.2) is 0 Å². The highest BCUT2D eigenvalue weighted by atomic mass is 35.5. The number of hydrogen-bond acceptors (Lipinski definition) is 4. The minimum Gasteiger partial charge on any atom is -0.359 e. The number of aryl methyl sites for hydroxylation is 1. The molecular weight excluding hydrogens is 428 g/mol. The van der Waals surface area contributed by atoms with E-state index in [1.807, 2.05) is 19.0 Å². The molecular formula is C21H24ClF2N5O2. The number of likely N-dealkylation sites (N-methyl/N-ethyl adjacent to an activating group) is 1. The van der Waals surface area contributed by atoms with Crippen LogP contribution < -0.4 is 10.6 Å². The van der Waals surface area contributed by atoms with Gasteiger partial charge in [-0.2, -0.15) is 5.10 Å². The second-order valence-corrected chi connectivity index (χ2v) is 7.78. The summed E-state index contributed by atoms with van der Waals surface area (Å²) in [5, 5.41) is 9.71. The zero-order chi connectivity index (χ0) is 22.6. The van der Waals surface area contributed by atoms with Gasteiger partial charge in [0.2, 0.25) is 0 Å². The second kappa shape index (κ2) is 9.59. The van der Waals surface area contributed by atoms with Gasteiger partial charge in [0.25, 0.3) is 0 Å². The first-order chi connectivity index (χ1) is 14.7. The Labute approximate surface area is 184 Å². The summed E-state index contributed by atoms with van der Waals surface area (Å²) in [7, 11) is 5.67. The van der Waals surface area contributed by atoms with Crippen LogP contribution in [0.1, 0.15) is 5.69 Å². The van der Waals surface area contributed by atoms with Crippen molar-refractivity contribution in [3.8, 4) is 0 Å². The molecule has 0 fully saturated rings. The maximum atomic E-state index is 13.7. The van der Waals surface area contributed by atoms with Crippen LogP contribution in [0.15, 0.2) is 48.7 Å². The molecule has 0 bridgehead atoms. The number of carbonyl (C=O) groups excluding carboxylic acids is 1. The predicted molar refractivity (Wildman–Crippen MR) is 115 cm³/mol. The fraction of sp³-hybridized carbons (Fsp3) is 0.333. The van der Waals surface area contributed by atoms with Gasteiger partial charge >= 0.3 is 6.03 Å². The summed E-state index contributed by atoms with van der Waals surface area (Å²) in [6.45, 7) is 1.14. The van der Waals surface area contributed by atoms with Gasteiger partial charge in [-0.25, -0.2) is 13.6 Å². The number of urea groups is 1. The normalized spacial score (nSPS) is 20.3. The van der Waals surface area contributed by atoms with Crippen LogP contribution in [0.5, 0.6) is 0 Å². The van der Waals surface area contributed by atoms with Crippen LogP contribution in [-0.2, 0) is 17.4 Å². The number of nitrogens with one attached hydrogen (secondary N) is 2. The molecule has 1 aliphatic carbocycles. The third-order valence-corrected chi connectivity index (χ3v) is 5.00. The molecule has 31 heavy (non-hydrogen) atoms. The monoisotopic (exact) mass is 451 g/mol. The Morgan fingerprint density at radius 2 is 2.03 bits per heavy atom. The molecule has 0 spiro atoms. The van der Waals surface area contributed by atoms with E-state index in [9.17, 15) is 13.6 Å². The number of benzene rings is 1. The average molecular weight is 452 g/mol. The molecule has 2 N–H and O–H groups in total. The molecule has 7 nitrogen and oxygen atoms in total. The van der Waals surface area contributed by atoms with Crippen molar-refractivity contribution >= 4 is 23.3 Å². The molecule has 2 amide bonds. The zero-order valence-corrected chi connectivity index (χ0v) is 18.2. The Bertz CT molecular complexity index is 972. The third-order valence-electron chi connectivity index (χ3n) is 4.72. The van der Waals surface area contributed by atoms with Gasteiger partial charge in [-0.1, -0.05) is 23.8 Å². The summed E-state index contributed by atoms with van der Waals surface area (Å²) in [6.07, 6.45) is 8.65. The van der Waals surface area contributed by atoms with E-state index < -0.39 is 29.3 Å². The minimum absolute atomic E-state index is 0.120. The van der Waals surface area contributed by atoms with Crippen LogP contribution >= 0.6 is 11.6 Å². The van der Waals surface area contributed by atoms with Crippen molar-refractivity contribution in [2.45, 2.75) is 11.6 Å². The van der Waals surface area contributed by atoms with Crippen LogP contribution in [0.2, 0.25) is 5.02 Å². The van der Waals surface area contributed by atoms with E-state index in [1.165, 1.54) is 0 Å². The molecule has 0 atom stereocenters. The topological polar surface area (TPSA) is 71.4 Å². The van der Waals surface area contributed by atoms with Gasteiger partial charge in [0.05, 0.1) is 35.2 Å². The molecule has 0 aliphatic heterocycles. The second-order valence-electron chi connectivity index (χ2n) is 7.38. The smallest absolute Gasteiger partial charge is 0.320 e. The van der Waals surface area contributed by atoms with Crippen molar-refractivity contribution in [3.63, 3.8) is 0 Å². The Balaban J connectivity index is 1.72. The first-order valence-electron chi connectivity index (χ1n) is 9.58. The maximum absolute atomic E-state index is 13.7. The van der Waals surface area contributed by atoms with E-state index in [1.54, 1.807) is 42.2 Å². The molecule has 0 saturated heterocycles. The summed E-state index contributed by atoms with van der Waals surface area (Å²) >= 11 is 6.36. The number of anilines is 1. The molecule has 3 rings (SSSR count). The van der Waals surface area contributed by atoms with Crippen molar-refractivity contribution < 1.29 is 18.3 Å². The largest absolute Gasteiger partial charge is 0.359 e. The molecule has 10 heteroatoms. The van der Waals surface area contributed by atoms with Crippen LogP contribution in [0.3, 0.4) is 0 Å². The summed E-state index contributed by atoms with van der Waals surface area (Å²) < 4.78 is 34.6. The molecule has 0 saturated carbocycles. The summed E-state index contributed by atoms with van der Waals surface area (Å²) in [6, 6.07) is 1.82. The Morgan fingerprint density at radius 1 is 1.32 bits per heavy atom. The maximum Gasteiger partial charge on any atom is 0.320 e. The fourth-order valence-electron chi connectivity index (χ4n) is 3.18. The van der Waals surface area contributed by atoms with Crippen LogP contribution in [0.25, 0.3) is 0 Å². The van der Waals surface area contributed by atoms with E-state index in [-0.39, 0.29) is 5.69 Å². The fourth-order valence-corrected chi connectivity index (χ4v) is 3.49. The summed E-state index contributed by atoms with van der Waals surface area (Å²) in [5.74, 6) is -1.58. The minimum atomic E-state index is -0.948. The van der Waals surface area contributed by atoms with E-state index in [0.717, 1.165) is 12.1 Å². The number of hydrogen-bond donors (Lipinski definition) is 2. The molecule has 1 heterocycles. The van der Waals surface area contributed by atoms with Crippen molar-refractivity contribution in [1.82, 2.24) is 20.0 Å². The van der Waals surface area contributed by atoms with Gasteiger partial charge in [0, 0.05) is 19.7 Å². The molecule has 0 radical (unpaired) electrons. The quantitative estimate of drug-likeness (QED) is 0.633. The van der Waals surface area contributed by atoms with Crippen molar-refractivity contribution in [2.24, 2.45) is 7.05 Å². The van der Waals surface area contributed by atoms with Crippen molar-refractivity contribution in [3.05, 3.63) is 71.1 Å². The van der Waals surface area contributed by atoms with Gasteiger partial charge in [-0.15, -0.1) is 0 Å². The molecule has 0 unspecified atom stereocenters. The summed E-state index contributed by atoms with van der Waals surface area (Å²) in [4.78, 5) is 14.2. The van der Waals surface area contributed by atoms with Crippen molar-refractivity contribution in [2.75, 3.05) is 32.6 Å². The number of amides is 2. The third kappa shape index (κ3) is 5.49. The Hall–Kier alpha value is -2.75. The molecule has 1 aliphatic rings. The number of carbonyl (C=O) groups is 1. The number of halogens is 3. The Kier molecular flexibility index (Phi) is 7.09. The van der Waals surface area contributed by atoms with Gasteiger partial charge in [-0.05, 0) is 38.4 Å². The van der Waals surface area contributed by atoms with E-state index in [4.69, 9.17) is 16.3 Å². The van der Waals surface area contributed by atoms with E-state index in [0.29, 0.717) is 29.9 Å². The SMILES string of the molecule is CN(C)CCOC1(c2c(Cl)cnn2C)C=CC(NC(=O)Nc2ccc(F)cc2F)C=C1. The first-order valence-corrected chi connectivity index (χ1v) is 9.96. The lowest BCUT2D eigenvalue weighted by Gasteiger charge is -2.32. The van der Waals surface area contributed by atoms with Crippen molar-refractivity contribution in [1.29, 1.82) is 0 Å². The zero-order valence-electron chi connectivity index (χ0n) is 17.4. The Morgan fingerprint density at radius 3 is 2.61 bits per heavy atom. The van der Waals surface area contributed by atoms with Gasteiger partial charge < -0.3 is 20.3 Å². The lowest BCUT2D eigenvalue weighted by atomic mass is 9.92. The average Bonchev–Trinajstić information content (AvgIpc) is 3.04. The number of aromatic nitrogens is 2. The number of rotatable bonds is 7. The molecule has 1 aromatic carbocycles. The van der Waals surface area contributed by atoms with Gasteiger partial charge in [-0.3, -0.25) is 4.68 Å². The molecule has 1 aromatic heterocycles. The predicted octanol–water partition coefficient (Wildman–Crippen LogP) is 3.44. The van der Waals surface area contributed by atoms with Crippen LogP contribution in [0, 0.1) is 11.6 Å².